The zero-order valence-corrected chi connectivity index (χ0v) is 17.9. The number of benzene rings is 3. The molecule has 0 spiro atoms. The predicted octanol–water partition coefficient (Wildman–Crippen LogP) is 3.84. The van der Waals surface area contributed by atoms with Crippen LogP contribution in [0.3, 0.4) is 0 Å². The first-order valence-corrected chi connectivity index (χ1v) is 10.4. The normalized spacial score (nSPS) is 12.5. The summed E-state index contributed by atoms with van der Waals surface area (Å²) in [6, 6.07) is 26.0. The third kappa shape index (κ3) is 6.71. The minimum absolute atomic E-state index is 0.162. The minimum Gasteiger partial charge on any atom is -0.497 e. The maximum atomic E-state index is 13.1. The van der Waals surface area contributed by atoms with Crippen molar-refractivity contribution >= 4 is 11.8 Å². The van der Waals surface area contributed by atoms with Crippen LogP contribution in [0.1, 0.15) is 29.7 Å². The molecule has 0 fully saturated rings. The summed E-state index contributed by atoms with van der Waals surface area (Å²) < 4.78 is 5.16. The van der Waals surface area contributed by atoms with Crippen molar-refractivity contribution in [1.29, 1.82) is 0 Å². The van der Waals surface area contributed by atoms with E-state index in [0.717, 1.165) is 22.4 Å². The molecule has 2 atom stereocenters. The quantitative estimate of drug-likeness (QED) is 0.557. The van der Waals surface area contributed by atoms with Gasteiger partial charge >= 0.3 is 0 Å². The third-order valence-corrected chi connectivity index (χ3v) is 5.12. The second kappa shape index (κ2) is 11.0. The largest absolute Gasteiger partial charge is 0.497 e. The molecule has 0 unspecified atom stereocenters. The van der Waals surface area contributed by atoms with Crippen LogP contribution in [0.2, 0.25) is 0 Å². The fourth-order valence-electron chi connectivity index (χ4n) is 3.37. The summed E-state index contributed by atoms with van der Waals surface area (Å²) in [4.78, 5) is 25.8. The zero-order valence-electron chi connectivity index (χ0n) is 17.9. The molecule has 0 saturated carbocycles. The van der Waals surface area contributed by atoms with E-state index in [4.69, 9.17) is 4.74 Å². The number of methoxy groups -OCH3 is 1. The Labute approximate surface area is 183 Å². The Morgan fingerprint density at radius 3 is 2.03 bits per heavy atom. The minimum atomic E-state index is -0.667. The van der Waals surface area contributed by atoms with Gasteiger partial charge in [-0.3, -0.25) is 9.59 Å². The van der Waals surface area contributed by atoms with Crippen molar-refractivity contribution in [2.24, 2.45) is 0 Å². The van der Waals surface area contributed by atoms with Gasteiger partial charge in [-0.05, 0) is 35.7 Å². The van der Waals surface area contributed by atoms with E-state index in [2.05, 4.69) is 10.6 Å². The zero-order chi connectivity index (χ0) is 22.1. The molecule has 0 bridgehead atoms. The molecule has 31 heavy (non-hydrogen) atoms. The Balaban J connectivity index is 1.69. The van der Waals surface area contributed by atoms with E-state index < -0.39 is 6.04 Å². The van der Waals surface area contributed by atoms with Crippen molar-refractivity contribution in [3.05, 3.63) is 102 Å². The fraction of sp³-hybridized carbons (Fsp3) is 0.231. The van der Waals surface area contributed by atoms with Crippen LogP contribution in [-0.4, -0.2) is 25.0 Å². The Morgan fingerprint density at radius 2 is 1.42 bits per heavy atom. The molecule has 2 N–H and O–H groups in total. The van der Waals surface area contributed by atoms with Gasteiger partial charge < -0.3 is 15.4 Å². The second-order valence-electron chi connectivity index (χ2n) is 7.48. The van der Waals surface area contributed by atoms with Gasteiger partial charge in [-0.2, -0.15) is 0 Å². The molecule has 3 aromatic rings. The van der Waals surface area contributed by atoms with Crippen LogP contribution >= 0.6 is 0 Å². The van der Waals surface area contributed by atoms with Gasteiger partial charge in [0.05, 0.1) is 19.6 Å². The smallest absolute Gasteiger partial charge is 0.243 e. The lowest BCUT2D eigenvalue weighted by Crippen LogP contribution is -2.49. The summed E-state index contributed by atoms with van der Waals surface area (Å²) in [6.45, 7) is 1.94. The van der Waals surface area contributed by atoms with E-state index in [0.29, 0.717) is 6.42 Å². The topological polar surface area (TPSA) is 67.4 Å². The molecule has 5 nitrogen and oxygen atoms in total. The molecular formula is C26H28N2O3. The van der Waals surface area contributed by atoms with Crippen LogP contribution in [-0.2, 0) is 22.4 Å². The highest BCUT2D eigenvalue weighted by molar-refractivity contribution is 5.88. The maximum absolute atomic E-state index is 13.1. The monoisotopic (exact) mass is 416 g/mol. The number of hydrogen-bond acceptors (Lipinski definition) is 3. The maximum Gasteiger partial charge on any atom is 0.243 e. The molecule has 0 aliphatic rings. The van der Waals surface area contributed by atoms with Gasteiger partial charge in [-0.25, -0.2) is 0 Å². The van der Waals surface area contributed by atoms with Gasteiger partial charge in [-0.1, -0.05) is 72.8 Å². The summed E-state index contributed by atoms with van der Waals surface area (Å²) >= 11 is 0. The van der Waals surface area contributed by atoms with Crippen molar-refractivity contribution < 1.29 is 14.3 Å². The van der Waals surface area contributed by atoms with E-state index in [1.165, 1.54) is 0 Å². The number of hydrogen-bond donors (Lipinski definition) is 2. The fourth-order valence-corrected chi connectivity index (χ4v) is 3.37. The Bertz CT molecular complexity index is 973. The lowest BCUT2D eigenvalue weighted by Gasteiger charge is -2.22. The number of nitrogens with one attached hydrogen (secondary N) is 2. The first kappa shape index (κ1) is 22.1. The van der Waals surface area contributed by atoms with Crippen LogP contribution in [0.25, 0.3) is 0 Å². The molecule has 0 aliphatic carbocycles. The van der Waals surface area contributed by atoms with Crippen LogP contribution in [0.15, 0.2) is 84.9 Å². The van der Waals surface area contributed by atoms with Crippen molar-refractivity contribution in [2.45, 2.75) is 31.8 Å². The van der Waals surface area contributed by atoms with Crippen molar-refractivity contribution in [1.82, 2.24) is 10.6 Å². The highest BCUT2D eigenvalue weighted by atomic mass is 16.5. The molecular weight excluding hydrogens is 388 g/mol. The molecule has 0 heterocycles. The molecule has 160 valence electrons. The number of carbonyl (C=O) groups is 2. The molecule has 0 radical (unpaired) electrons. The Hall–Kier alpha value is -3.60. The van der Waals surface area contributed by atoms with Gasteiger partial charge in [0.2, 0.25) is 11.8 Å². The van der Waals surface area contributed by atoms with E-state index in [1.807, 2.05) is 91.9 Å². The lowest BCUT2D eigenvalue weighted by molar-refractivity contribution is -0.129. The van der Waals surface area contributed by atoms with Gasteiger partial charge in [-0.15, -0.1) is 0 Å². The second-order valence-corrected chi connectivity index (χ2v) is 7.48. The predicted molar refractivity (Wildman–Crippen MR) is 122 cm³/mol. The van der Waals surface area contributed by atoms with E-state index in [9.17, 15) is 9.59 Å². The lowest BCUT2D eigenvalue weighted by atomic mass is 10.0. The molecule has 5 heteroatoms. The van der Waals surface area contributed by atoms with Gasteiger partial charge in [0.1, 0.15) is 11.8 Å². The molecule has 3 aromatic carbocycles. The highest BCUT2D eigenvalue weighted by Crippen LogP contribution is 2.14. The third-order valence-electron chi connectivity index (χ3n) is 5.12. The summed E-state index contributed by atoms with van der Waals surface area (Å²) in [5.41, 5.74) is 2.86. The van der Waals surface area contributed by atoms with Crippen molar-refractivity contribution in [3.63, 3.8) is 0 Å². The van der Waals surface area contributed by atoms with E-state index >= 15 is 0 Å². The van der Waals surface area contributed by atoms with Crippen LogP contribution in [0.4, 0.5) is 0 Å². The molecule has 2 amide bonds. The van der Waals surface area contributed by atoms with Crippen LogP contribution < -0.4 is 15.4 Å². The molecule has 3 rings (SSSR count). The Morgan fingerprint density at radius 1 is 0.806 bits per heavy atom. The van der Waals surface area contributed by atoms with Crippen LogP contribution in [0, 0.1) is 0 Å². The molecule has 0 aliphatic heterocycles. The number of ether oxygens (including phenoxy) is 1. The summed E-state index contributed by atoms with van der Waals surface area (Å²) in [5, 5.41) is 5.95. The van der Waals surface area contributed by atoms with E-state index in [1.54, 1.807) is 7.11 Å². The molecule has 0 aromatic heterocycles. The first-order valence-electron chi connectivity index (χ1n) is 10.4. The summed E-state index contributed by atoms with van der Waals surface area (Å²) in [7, 11) is 1.60. The standard InChI is InChI=1S/C26H28N2O3/c1-19(22-11-7-4-8-12-22)27-26(30)24(17-20-9-5-3-6-10-20)28-25(29)18-21-13-15-23(31-2)16-14-21/h3-16,19,24H,17-18H2,1-2H3,(H,27,30)(H,28,29)/t19-,24+/m1/s1. The Kier molecular flexibility index (Phi) is 7.82. The van der Waals surface area contributed by atoms with Crippen molar-refractivity contribution in [3.8, 4) is 5.75 Å². The van der Waals surface area contributed by atoms with E-state index in [-0.39, 0.29) is 24.3 Å². The van der Waals surface area contributed by atoms with Crippen LogP contribution in [0.5, 0.6) is 5.75 Å². The number of amides is 2. The number of carbonyl (C=O) groups excluding carboxylic acids is 2. The summed E-state index contributed by atoms with van der Waals surface area (Å²) in [6.07, 6.45) is 0.610. The van der Waals surface area contributed by atoms with Gasteiger partial charge in [0, 0.05) is 6.42 Å². The SMILES string of the molecule is COc1ccc(CC(=O)N[C@@H](Cc2ccccc2)C(=O)N[C@H](C)c2ccccc2)cc1. The average molecular weight is 417 g/mol. The average Bonchev–Trinajstić information content (AvgIpc) is 2.80. The first-order chi connectivity index (χ1) is 15.0. The highest BCUT2D eigenvalue weighted by Gasteiger charge is 2.23. The number of rotatable bonds is 9. The van der Waals surface area contributed by atoms with Gasteiger partial charge in [0.25, 0.3) is 0 Å². The van der Waals surface area contributed by atoms with Gasteiger partial charge in [0.15, 0.2) is 0 Å². The van der Waals surface area contributed by atoms with Crippen molar-refractivity contribution in [2.75, 3.05) is 7.11 Å². The summed E-state index contributed by atoms with van der Waals surface area (Å²) in [5.74, 6) is 0.331. The molecule has 0 saturated heterocycles.